The highest BCUT2D eigenvalue weighted by molar-refractivity contribution is 6.17. The number of ether oxygens (including phenoxy) is 2. The van der Waals surface area contributed by atoms with Crippen LogP contribution in [0.25, 0.3) is 6.08 Å². The fourth-order valence-corrected chi connectivity index (χ4v) is 3.69. The van der Waals surface area contributed by atoms with Gasteiger partial charge in [-0.1, -0.05) is 60.7 Å². The lowest BCUT2D eigenvalue weighted by Crippen LogP contribution is -2.02. The third kappa shape index (κ3) is 3.02. The first kappa shape index (κ1) is 17.1. The molecular weight excluding hydrogens is 336 g/mol. The van der Waals surface area contributed by atoms with E-state index in [4.69, 9.17) is 9.47 Å². The first-order valence-electron chi connectivity index (χ1n) is 8.85. The van der Waals surface area contributed by atoms with Crippen LogP contribution in [0.3, 0.4) is 0 Å². The lowest BCUT2D eigenvalue weighted by atomic mass is 9.89. The van der Waals surface area contributed by atoms with E-state index in [-0.39, 0.29) is 11.7 Å². The Bertz CT molecular complexity index is 1020. The average molecular weight is 356 g/mol. The van der Waals surface area contributed by atoms with Gasteiger partial charge in [0.15, 0.2) is 17.3 Å². The third-order valence-corrected chi connectivity index (χ3v) is 4.95. The number of benzene rings is 3. The van der Waals surface area contributed by atoms with Crippen molar-refractivity contribution in [2.45, 2.75) is 5.92 Å². The molecule has 1 aliphatic carbocycles. The average Bonchev–Trinajstić information content (AvgIpc) is 3.00. The Morgan fingerprint density at radius 1 is 0.815 bits per heavy atom. The van der Waals surface area contributed by atoms with Gasteiger partial charge in [0.25, 0.3) is 0 Å². The summed E-state index contributed by atoms with van der Waals surface area (Å²) in [6.45, 7) is 0. The number of methoxy groups -OCH3 is 2. The minimum absolute atomic E-state index is 0.0667. The van der Waals surface area contributed by atoms with Gasteiger partial charge in [0, 0.05) is 17.1 Å². The van der Waals surface area contributed by atoms with Crippen molar-refractivity contribution in [3.05, 3.63) is 101 Å². The Hall–Kier alpha value is -3.33. The molecule has 3 aromatic carbocycles. The fraction of sp³-hybridized carbons (Fsp3) is 0.125. The molecule has 3 nitrogen and oxygen atoms in total. The van der Waals surface area contributed by atoms with Gasteiger partial charge in [-0.25, -0.2) is 0 Å². The Morgan fingerprint density at radius 2 is 1.52 bits per heavy atom. The predicted octanol–water partition coefficient (Wildman–Crippen LogP) is 5.12. The van der Waals surface area contributed by atoms with Crippen molar-refractivity contribution in [2.75, 3.05) is 14.2 Å². The van der Waals surface area contributed by atoms with E-state index in [1.807, 2.05) is 66.7 Å². The maximum atomic E-state index is 13.1. The number of ketones is 1. The molecule has 0 N–H and O–H groups in total. The lowest BCUT2D eigenvalue weighted by Gasteiger charge is -2.14. The Kier molecular flexibility index (Phi) is 4.51. The van der Waals surface area contributed by atoms with Gasteiger partial charge in [0.05, 0.1) is 14.2 Å². The second-order valence-electron chi connectivity index (χ2n) is 6.47. The summed E-state index contributed by atoms with van der Waals surface area (Å²) in [4.78, 5) is 13.1. The number of hydrogen-bond acceptors (Lipinski definition) is 3. The number of hydrogen-bond donors (Lipinski definition) is 0. The minimum atomic E-state index is -0.0667. The van der Waals surface area contributed by atoms with Crippen LogP contribution in [0.15, 0.2) is 78.4 Å². The molecule has 3 heteroatoms. The lowest BCUT2D eigenvalue weighted by molar-refractivity contribution is 0.103. The van der Waals surface area contributed by atoms with E-state index in [1.165, 1.54) is 0 Å². The number of rotatable bonds is 4. The molecule has 1 aliphatic rings. The molecule has 4 rings (SSSR count). The zero-order chi connectivity index (χ0) is 18.8. The highest BCUT2D eigenvalue weighted by atomic mass is 16.5. The molecule has 0 spiro atoms. The minimum Gasteiger partial charge on any atom is -0.493 e. The summed E-state index contributed by atoms with van der Waals surface area (Å²) >= 11 is 0. The Morgan fingerprint density at radius 3 is 2.26 bits per heavy atom. The summed E-state index contributed by atoms with van der Waals surface area (Å²) in [5.41, 5.74) is 4.63. The Labute approximate surface area is 158 Å². The summed E-state index contributed by atoms with van der Waals surface area (Å²) in [5, 5.41) is 0. The van der Waals surface area contributed by atoms with Gasteiger partial charge >= 0.3 is 0 Å². The topological polar surface area (TPSA) is 35.5 Å². The summed E-state index contributed by atoms with van der Waals surface area (Å²) in [6, 6.07) is 23.7. The molecule has 0 radical (unpaired) electrons. The summed E-state index contributed by atoms with van der Waals surface area (Å²) in [7, 11) is 3.22. The zero-order valence-corrected chi connectivity index (χ0v) is 15.3. The van der Waals surface area contributed by atoms with Gasteiger partial charge in [0.1, 0.15) is 0 Å². The van der Waals surface area contributed by atoms with Crippen molar-refractivity contribution in [3.8, 4) is 11.5 Å². The molecule has 27 heavy (non-hydrogen) atoms. The highest BCUT2D eigenvalue weighted by Gasteiger charge is 2.35. The first-order chi connectivity index (χ1) is 13.2. The van der Waals surface area contributed by atoms with Gasteiger partial charge in [-0.15, -0.1) is 0 Å². The number of allylic oxidation sites excluding steroid dienone is 1. The Balaban J connectivity index is 1.86. The van der Waals surface area contributed by atoms with Gasteiger partial charge < -0.3 is 9.47 Å². The molecule has 0 heterocycles. The van der Waals surface area contributed by atoms with E-state index in [2.05, 4.69) is 12.1 Å². The van der Waals surface area contributed by atoms with Crippen molar-refractivity contribution in [3.63, 3.8) is 0 Å². The number of carbonyl (C=O) groups is 1. The van der Waals surface area contributed by atoms with Crippen molar-refractivity contribution < 1.29 is 14.3 Å². The monoisotopic (exact) mass is 356 g/mol. The standard InChI is InChI=1S/C24H20O3/c1-26-21-13-12-16(15-22(21)27-2)14-20-23(17-8-4-3-5-9-17)18-10-6-7-11-19(18)24(20)25/h3-15,23H,1-2H3/b20-14-/t23-/m1/s1. The van der Waals surface area contributed by atoms with E-state index in [1.54, 1.807) is 14.2 Å². The number of Topliss-reactive ketones (excluding diaryl/α,β-unsaturated/α-hetero) is 1. The molecule has 0 aromatic heterocycles. The SMILES string of the molecule is COc1ccc(/C=C2\C(=O)c3ccccc3[C@H]2c2ccccc2)cc1OC. The van der Waals surface area contributed by atoms with Crippen molar-refractivity contribution in [1.82, 2.24) is 0 Å². The smallest absolute Gasteiger partial charge is 0.190 e. The normalized spacial score (nSPS) is 17.0. The second-order valence-corrected chi connectivity index (χ2v) is 6.47. The van der Waals surface area contributed by atoms with Crippen LogP contribution in [-0.2, 0) is 0 Å². The molecule has 0 unspecified atom stereocenters. The molecule has 0 saturated heterocycles. The molecular formula is C24H20O3. The zero-order valence-electron chi connectivity index (χ0n) is 15.3. The van der Waals surface area contributed by atoms with Crippen molar-refractivity contribution >= 4 is 11.9 Å². The van der Waals surface area contributed by atoms with Gasteiger partial charge in [-0.2, -0.15) is 0 Å². The summed E-state index contributed by atoms with van der Waals surface area (Å²) in [5.74, 6) is 1.32. The number of fused-ring (bicyclic) bond motifs is 1. The van der Waals surface area contributed by atoms with Crippen LogP contribution in [0.1, 0.15) is 33.0 Å². The third-order valence-electron chi connectivity index (χ3n) is 4.95. The van der Waals surface area contributed by atoms with E-state index < -0.39 is 0 Å². The quantitative estimate of drug-likeness (QED) is 0.609. The van der Waals surface area contributed by atoms with Gasteiger partial charge in [0.2, 0.25) is 0 Å². The molecule has 3 aromatic rings. The maximum absolute atomic E-state index is 13.1. The van der Waals surface area contributed by atoms with Gasteiger partial charge in [-0.3, -0.25) is 4.79 Å². The van der Waals surface area contributed by atoms with Crippen LogP contribution in [0.4, 0.5) is 0 Å². The van der Waals surface area contributed by atoms with Crippen LogP contribution in [-0.4, -0.2) is 20.0 Å². The van der Waals surface area contributed by atoms with E-state index in [0.717, 1.165) is 27.8 Å². The molecule has 0 saturated carbocycles. The molecule has 0 fully saturated rings. The molecule has 0 bridgehead atoms. The molecule has 0 aliphatic heterocycles. The number of carbonyl (C=O) groups excluding carboxylic acids is 1. The molecule has 1 atom stereocenters. The first-order valence-corrected chi connectivity index (χ1v) is 8.85. The second kappa shape index (κ2) is 7.12. The van der Waals surface area contributed by atoms with E-state index >= 15 is 0 Å². The van der Waals surface area contributed by atoms with E-state index in [9.17, 15) is 4.79 Å². The van der Waals surface area contributed by atoms with Crippen LogP contribution >= 0.6 is 0 Å². The van der Waals surface area contributed by atoms with Crippen LogP contribution in [0, 0.1) is 0 Å². The highest BCUT2D eigenvalue weighted by Crippen LogP contribution is 2.43. The van der Waals surface area contributed by atoms with Crippen LogP contribution in [0.5, 0.6) is 11.5 Å². The van der Waals surface area contributed by atoms with Gasteiger partial charge in [-0.05, 0) is 34.9 Å². The van der Waals surface area contributed by atoms with Crippen molar-refractivity contribution in [1.29, 1.82) is 0 Å². The fourth-order valence-electron chi connectivity index (χ4n) is 3.69. The van der Waals surface area contributed by atoms with E-state index in [0.29, 0.717) is 11.5 Å². The summed E-state index contributed by atoms with van der Waals surface area (Å²) in [6.07, 6.45) is 1.96. The largest absolute Gasteiger partial charge is 0.493 e. The van der Waals surface area contributed by atoms with Crippen LogP contribution in [0.2, 0.25) is 0 Å². The van der Waals surface area contributed by atoms with Crippen molar-refractivity contribution in [2.24, 2.45) is 0 Å². The molecule has 0 amide bonds. The summed E-state index contributed by atoms with van der Waals surface area (Å²) < 4.78 is 10.7. The predicted molar refractivity (Wildman–Crippen MR) is 107 cm³/mol. The van der Waals surface area contributed by atoms with Crippen LogP contribution < -0.4 is 9.47 Å². The maximum Gasteiger partial charge on any atom is 0.190 e. The molecule has 134 valence electrons.